The molecule has 0 bridgehead atoms. The van der Waals surface area contributed by atoms with E-state index in [-0.39, 0.29) is 5.78 Å². The Labute approximate surface area is 108 Å². The van der Waals surface area contributed by atoms with Crippen molar-refractivity contribution < 1.29 is 9.53 Å². The molecule has 1 fully saturated rings. The molecule has 0 amide bonds. The van der Waals surface area contributed by atoms with Gasteiger partial charge in [-0.3, -0.25) is 4.79 Å². The van der Waals surface area contributed by atoms with Gasteiger partial charge < -0.3 is 10.5 Å². The first-order valence-electron chi connectivity index (χ1n) is 6.68. The lowest BCUT2D eigenvalue weighted by Gasteiger charge is -2.10. The molecule has 1 aliphatic rings. The fraction of sp³-hybridized carbons (Fsp3) is 0.533. The van der Waals surface area contributed by atoms with Crippen molar-refractivity contribution in [1.29, 1.82) is 0 Å². The summed E-state index contributed by atoms with van der Waals surface area (Å²) in [6.45, 7) is 2.79. The Morgan fingerprint density at radius 2 is 2.33 bits per heavy atom. The Hall–Kier alpha value is -1.35. The number of anilines is 1. The van der Waals surface area contributed by atoms with E-state index in [0.717, 1.165) is 43.4 Å². The molecule has 0 radical (unpaired) electrons. The lowest BCUT2D eigenvalue weighted by Crippen LogP contribution is -2.08. The molecular weight excluding hydrogens is 226 g/mol. The quantitative estimate of drug-likeness (QED) is 0.642. The molecule has 0 aromatic heterocycles. The summed E-state index contributed by atoms with van der Waals surface area (Å²) in [4.78, 5) is 12.1. The second kappa shape index (κ2) is 6.01. The monoisotopic (exact) mass is 247 g/mol. The van der Waals surface area contributed by atoms with Crippen LogP contribution in [0.2, 0.25) is 0 Å². The van der Waals surface area contributed by atoms with Crippen molar-refractivity contribution in [3.63, 3.8) is 0 Å². The predicted molar refractivity (Wildman–Crippen MR) is 72.7 cm³/mol. The molecule has 18 heavy (non-hydrogen) atoms. The number of ketones is 1. The van der Waals surface area contributed by atoms with Crippen molar-refractivity contribution >= 4 is 11.5 Å². The molecule has 3 nitrogen and oxygen atoms in total. The van der Waals surface area contributed by atoms with Crippen LogP contribution in [0.4, 0.5) is 5.69 Å². The summed E-state index contributed by atoms with van der Waals surface area (Å²) in [7, 11) is 0. The Kier molecular flexibility index (Phi) is 4.37. The van der Waals surface area contributed by atoms with Crippen molar-refractivity contribution in [1.82, 2.24) is 0 Å². The summed E-state index contributed by atoms with van der Waals surface area (Å²) < 4.78 is 5.55. The van der Waals surface area contributed by atoms with Crippen molar-refractivity contribution in [2.75, 3.05) is 12.3 Å². The summed E-state index contributed by atoms with van der Waals surface area (Å²) in [6, 6.07) is 5.54. The molecule has 1 unspecified atom stereocenters. The van der Waals surface area contributed by atoms with Crippen LogP contribution in [0.5, 0.6) is 0 Å². The SMILES string of the molecule is Cc1c(N)cccc1C(=O)CCCC1CCCO1. The minimum atomic E-state index is 0.192. The summed E-state index contributed by atoms with van der Waals surface area (Å²) in [5.74, 6) is 0.192. The number of hydrogen-bond donors (Lipinski definition) is 1. The van der Waals surface area contributed by atoms with Crippen molar-refractivity contribution in [3.05, 3.63) is 29.3 Å². The van der Waals surface area contributed by atoms with E-state index in [1.165, 1.54) is 0 Å². The molecule has 3 heteroatoms. The van der Waals surface area contributed by atoms with Gasteiger partial charge in [0.05, 0.1) is 6.10 Å². The zero-order valence-corrected chi connectivity index (χ0v) is 10.9. The van der Waals surface area contributed by atoms with Crippen LogP contribution in [0, 0.1) is 6.92 Å². The third kappa shape index (κ3) is 3.10. The van der Waals surface area contributed by atoms with E-state index < -0.39 is 0 Å². The van der Waals surface area contributed by atoms with Crippen molar-refractivity contribution in [2.45, 2.75) is 45.1 Å². The number of Topliss-reactive ketones (excluding diaryl/α,β-unsaturated/α-hetero) is 1. The molecule has 0 aliphatic carbocycles. The third-order valence-corrected chi connectivity index (χ3v) is 3.63. The number of carbonyl (C=O) groups is 1. The third-order valence-electron chi connectivity index (χ3n) is 3.63. The zero-order valence-electron chi connectivity index (χ0n) is 10.9. The smallest absolute Gasteiger partial charge is 0.163 e. The highest BCUT2D eigenvalue weighted by Gasteiger charge is 2.16. The number of nitrogen functional groups attached to an aromatic ring is 1. The number of carbonyl (C=O) groups excluding carboxylic acids is 1. The first kappa shape index (κ1) is 13.1. The summed E-state index contributed by atoms with van der Waals surface area (Å²) in [5, 5.41) is 0. The first-order valence-corrected chi connectivity index (χ1v) is 6.68. The number of hydrogen-bond acceptors (Lipinski definition) is 3. The van der Waals surface area contributed by atoms with Crippen LogP contribution in [-0.2, 0) is 4.74 Å². The molecule has 1 atom stereocenters. The summed E-state index contributed by atoms with van der Waals surface area (Å²) >= 11 is 0. The number of benzene rings is 1. The van der Waals surface area contributed by atoms with Gasteiger partial charge in [0.25, 0.3) is 0 Å². The predicted octanol–water partition coefficient (Wildman–Crippen LogP) is 3.11. The fourth-order valence-corrected chi connectivity index (χ4v) is 2.45. The second-order valence-electron chi connectivity index (χ2n) is 4.97. The maximum absolute atomic E-state index is 12.1. The minimum Gasteiger partial charge on any atom is -0.398 e. The van der Waals surface area contributed by atoms with E-state index in [0.29, 0.717) is 18.2 Å². The average molecular weight is 247 g/mol. The minimum absolute atomic E-state index is 0.192. The highest BCUT2D eigenvalue weighted by molar-refractivity contribution is 5.98. The largest absolute Gasteiger partial charge is 0.398 e. The molecule has 1 aromatic carbocycles. The van der Waals surface area contributed by atoms with Gasteiger partial charge >= 0.3 is 0 Å². The molecular formula is C15H21NO2. The highest BCUT2D eigenvalue weighted by Crippen LogP contribution is 2.21. The van der Waals surface area contributed by atoms with E-state index in [1.54, 1.807) is 0 Å². The fourth-order valence-electron chi connectivity index (χ4n) is 2.45. The van der Waals surface area contributed by atoms with Crippen LogP contribution in [0.15, 0.2) is 18.2 Å². The lowest BCUT2D eigenvalue weighted by molar-refractivity contribution is 0.0922. The van der Waals surface area contributed by atoms with Gasteiger partial charge in [-0.05, 0) is 44.2 Å². The molecule has 1 aromatic rings. The Morgan fingerprint density at radius 3 is 3.06 bits per heavy atom. The van der Waals surface area contributed by atoms with Crippen LogP contribution in [0.1, 0.15) is 48.0 Å². The van der Waals surface area contributed by atoms with Crippen LogP contribution < -0.4 is 5.73 Å². The van der Waals surface area contributed by atoms with Crippen molar-refractivity contribution in [2.24, 2.45) is 0 Å². The van der Waals surface area contributed by atoms with Gasteiger partial charge in [-0.2, -0.15) is 0 Å². The number of rotatable bonds is 5. The van der Waals surface area contributed by atoms with Gasteiger partial charge in [-0.15, -0.1) is 0 Å². The average Bonchev–Trinajstić information content (AvgIpc) is 2.85. The molecule has 98 valence electrons. The summed E-state index contributed by atoms with van der Waals surface area (Å²) in [5.41, 5.74) is 8.18. The maximum atomic E-state index is 12.1. The normalized spacial score (nSPS) is 19.1. The summed E-state index contributed by atoms with van der Waals surface area (Å²) in [6.07, 6.45) is 5.16. The Morgan fingerprint density at radius 1 is 1.50 bits per heavy atom. The maximum Gasteiger partial charge on any atom is 0.163 e. The molecule has 0 saturated carbocycles. The molecule has 0 spiro atoms. The lowest BCUT2D eigenvalue weighted by atomic mass is 9.98. The van der Waals surface area contributed by atoms with Crippen LogP contribution in [0.3, 0.4) is 0 Å². The molecule has 2 rings (SSSR count). The second-order valence-corrected chi connectivity index (χ2v) is 4.97. The van der Waals surface area contributed by atoms with Crippen LogP contribution in [-0.4, -0.2) is 18.5 Å². The molecule has 1 aliphatic heterocycles. The van der Waals surface area contributed by atoms with Gasteiger partial charge in [0.2, 0.25) is 0 Å². The van der Waals surface area contributed by atoms with Gasteiger partial charge in [-0.25, -0.2) is 0 Å². The van der Waals surface area contributed by atoms with Crippen LogP contribution >= 0.6 is 0 Å². The van der Waals surface area contributed by atoms with Crippen molar-refractivity contribution in [3.8, 4) is 0 Å². The topological polar surface area (TPSA) is 52.3 Å². The molecule has 1 saturated heterocycles. The van der Waals surface area contributed by atoms with E-state index in [1.807, 2.05) is 25.1 Å². The van der Waals surface area contributed by atoms with Gasteiger partial charge in [0.15, 0.2) is 5.78 Å². The van der Waals surface area contributed by atoms with E-state index in [2.05, 4.69) is 0 Å². The number of nitrogens with two attached hydrogens (primary N) is 1. The standard InChI is InChI=1S/C15H21NO2/c1-11-13(7-3-8-14(11)16)15(17)9-2-5-12-6-4-10-18-12/h3,7-8,12H,2,4-6,9-10,16H2,1H3. The first-order chi connectivity index (χ1) is 8.68. The van der Waals surface area contributed by atoms with E-state index >= 15 is 0 Å². The van der Waals surface area contributed by atoms with Gasteiger partial charge in [-0.1, -0.05) is 12.1 Å². The van der Waals surface area contributed by atoms with Crippen LogP contribution in [0.25, 0.3) is 0 Å². The van der Waals surface area contributed by atoms with E-state index in [9.17, 15) is 4.79 Å². The van der Waals surface area contributed by atoms with Gasteiger partial charge in [0.1, 0.15) is 0 Å². The van der Waals surface area contributed by atoms with E-state index in [4.69, 9.17) is 10.5 Å². The molecule has 2 N–H and O–H groups in total. The van der Waals surface area contributed by atoms with Gasteiger partial charge in [0, 0.05) is 24.3 Å². The Balaban J connectivity index is 1.85. The highest BCUT2D eigenvalue weighted by atomic mass is 16.5. The number of ether oxygens (including phenoxy) is 1. The zero-order chi connectivity index (χ0) is 13.0. The molecule has 1 heterocycles. The Bertz CT molecular complexity index is 423.